The summed E-state index contributed by atoms with van der Waals surface area (Å²) in [6, 6.07) is 0. The van der Waals surface area contributed by atoms with E-state index in [9.17, 15) is 24.3 Å². The van der Waals surface area contributed by atoms with Gasteiger partial charge in [0.05, 0.1) is 18.1 Å². The minimum absolute atomic E-state index is 0.00967. The van der Waals surface area contributed by atoms with Crippen molar-refractivity contribution in [1.29, 1.82) is 0 Å². The molecule has 4 aliphatic rings. The van der Waals surface area contributed by atoms with Crippen LogP contribution in [0, 0.1) is 22.7 Å². The quantitative estimate of drug-likeness (QED) is 0.209. The minimum atomic E-state index is -1.03. The molecule has 1 saturated heterocycles. The second-order valence-electron chi connectivity index (χ2n) is 11.8. The molecule has 39 heavy (non-hydrogen) atoms. The van der Waals surface area contributed by atoms with Gasteiger partial charge in [-0.3, -0.25) is 9.59 Å². The number of epoxide rings is 1. The van der Waals surface area contributed by atoms with Gasteiger partial charge in [-0.15, -0.1) is 0 Å². The Balaban J connectivity index is 1.87. The molecule has 0 aromatic heterocycles. The van der Waals surface area contributed by atoms with E-state index in [1.807, 2.05) is 13.8 Å². The smallest absolute Gasteiger partial charge is 0.333 e. The monoisotopic (exact) mass is 548 g/mol. The van der Waals surface area contributed by atoms with E-state index in [-0.39, 0.29) is 25.6 Å². The number of hydrogen-bond acceptors (Lipinski definition) is 10. The summed E-state index contributed by atoms with van der Waals surface area (Å²) in [4.78, 5) is 49.4. The summed E-state index contributed by atoms with van der Waals surface area (Å²) in [5.74, 6) is -2.56. The maximum Gasteiger partial charge on any atom is 0.333 e. The standard InChI is InChI=1S/C29H40O10/c1-7-16(2)26(34)39-22-8-9-28(14-37-28)29(15-36-18(4)30)23(38-19(5)31)10-17(3)27(6,25(22)29)12-21(32)20-11-24(33)35-13-20/h7,11,17,21-23,25,32H,8-10,12-15H2,1-6H3/t17-,21+,22-,23+,25-,27+,28+,29-/m1/s1. The van der Waals surface area contributed by atoms with Crippen LogP contribution in [0.3, 0.4) is 0 Å². The van der Waals surface area contributed by atoms with Crippen molar-refractivity contribution in [2.45, 2.75) is 91.1 Å². The highest BCUT2D eigenvalue weighted by Crippen LogP contribution is 2.69. The van der Waals surface area contributed by atoms with Crippen LogP contribution in [0.25, 0.3) is 0 Å². The van der Waals surface area contributed by atoms with E-state index in [2.05, 4.69) is 0 Å². The second-order valence-corrected chi connectivity index (χ2v) is 11.8. The van der Waals surface area contributed by atoms with Crippen molar-refractivity contribution in [3.63, 3.8) is 0 Å². The molecule has 2 aliphatic carbocycles. The Morgan fingerprint density at radius 2 is 1.90 bits per heavy atom. The van der Waals surface area contributed by atoms with E-state index < -0.39 is 64.5 Å². The predicted octanol–water partition coefficient (Wildman–Crippen LogP) is 2.80. The van der Waals surface area contributed by atoms with Gasteiger partial charge in [-0.05, 0) is 50.9 Å². The van der Waals surface area contributed by atoms with Gasteiger partial charge in [-0.25, -0.2) is 9.59 Å². The van der Waals surface area contributed by atoms with Crippen molar-refractivity contribution in [2.24, 2.45) is 22.7 Å². The largest absolute Gasteiger partial charge is 0.465 e. The first-order chi connectivity index (χ1) is 18.3. The van der Waals surface area contributed by atoms with Gasteiger partial charge in [0.1, 0.15) is 31.0 Å². The van der Waals surface area contributed by atoms with Gasteiger partial charge in [0.2, 0.25) is 0 Å². The minimum Gasteiger partial charge on any atom is -0.465 e. The van der Waals surface area contributed by atoms with Crippen LogP contribution < -0.4 is 0 Å². The molecule has 8 atom stereocenters. The summed E-state index contributed by atoms with van der Waals surface area (Å²) in [6.07, 6.45) is 2.35. The summed E-state index contributed by atoms with van der Waals surface area (Å²) < 4.78 is 29.0. The number of carbonyl (C=O) groups excluding carboxylic acids is 4. The fourth-order valence-corrected chi connectivity index (χ4v) is 7.33. The summed E-state index contributed by atoms with van der Waals surface area (Å²) in [5, 5.41) is 11.3. The van der Waals surface area contributed by atoms with E-state index in [0.29, 0.717) is 37.0 Å². The number of aliphatic hydroxyl groups is 1. The van der Waals surface area contributed by atoms with E-state index in [1.165, 1.54) is 19.9 Å². The maximum atomic E-state index is 13.1. The molecule has 2 saturated carbocycles. The Bertz CT molecular complexity index is 1090. The average molecular weight is 549 g/mol. The first-order valence-electron chi connectivity index (χ1n) is 13.6. The summed E-state index contributed by atoms with van der Waals surface area (Å²) >= 11 is 0. The molecule has 4 rings (SSSR count). The number of allylic oxidation sites excluding steroid dienone is 1. The van der Waals surface area contributed by atoms with Crippen LogP contribution in [0.1, 0.15) is 67.2 Å². The fraction of sp³-hybridized carbons (Fsp3) is 0.724. The van der Waals surface area contributed by atoms with E-state index >= 15 is 0 Å². The first kappa shape index (κ1) is 29.3. The topological polar surface area (TPSA) is 138 Å². The van der Waals surface area contributed by atoms with Crippen molar-refractivity contribution in [1.82, 2.24) is 0 Å². The maximum absolute atomic E-state index is 13.1. The third-order valence-electron chi connectivity index (χ3n) is 9.66. The normalized spacial score (nSPS) is 38.3. The van der Waals surface area contributed by atoms with Gasteiger partial charge in [0.25, 0.3) is 0 Å². The Morgan fingerprint density at radius 1 is 1.21 bits per heavy atom. The molecule has 0 unspecified atom stereocenters. The number of esters is 4. The molecule has 216 valence electrons. The molecule has 1 spiro atoms. The van der Waals surface area contributed by atoms with Crippen molar-refractivity contribution in [2.75, 3.05) is 19.8 Å². The van der Waals surface area contributed by atoms with Crippen molar-refractivity contribution < 1.29 is 48.0 Å². The molecular weight excluding hydrogens is 508 g/mol. The van der Waals surface area contributed by atoms with Crippen LogP contribution >= 0.6 is 0 Å². The molecule has 10 heteroatoms. The summed E-state index contributed by atoms with van der Waals surface area (Å²) in [7, 11) is 0. The van der Waals surface area contributed by atoms with E-state index in [0.717, 1.165) is 0 Å². The lowest BCUT2D eigenvalue weighted by Gasteiger charge is -2.64. The Hall–Kier alpha value is -2.72. The molecule has 0 aromatic carbocycles. The number of aliphatic hydroxyl groups excluding tert-OH is 1. The lowest BCUT2D eigenvalue weighted by molar-refractivity contribution is -0.258. The number of fused-ring (bicyclic) bond motifs is 2. The van der Waals surface area contributed by atoms with Crippen LogP contribution in [0.2, 0.25) is 0 Å². The number of ether oxygens (including phenoxy) is 5. The highest BCUT2D eigenvalue weighted by Gasteiger charge is 2.77. The van der Waals surface area contributed by atoms with Crippen LogP contribution in [0.15, 0.2) is 23.3 Å². The van der Waals surface area contributed by atoms with E-state index in [4.69, 9.17) is 23.7 Å². The molecule has 2 heterocycles. The van der Waals surface area contributed by atoms with Crippen LogP contribution in [0.5, 0.6) is 0 Å². The highest BCUT2D eigenvalue weighted by atomic mass is 16.6. The van der Waals surface area contributed by atoms with E-state index in [1.54, 1.807) is 19.9 Å². The highest BCUT2D eigenvalue weighted by molar-refractivity contribution is 5.87. The van der Waals surface area contributed by atoms with Gasteiger partial charge >= 0.3 is 23.9 Å². The third-order valence-corrected chi connectivity index (χ3v) is 9.66. The summed E-state index contributed by atoms with van der Waals surface area (Å²) in [5.41, 5.74) is -1.56. The molecule has 2 aliphatic heterocycles. The van der Waals surface area contributed by atoms with Crippen molar-refractivity contribution in [3.05, 3.63) is 23.3 Å². The number of rotatable bonds is 8. The molecule has 0 radical (unpaired) electrons. The fourth-order valence-electron chi connectivity index (χ4n) is 7.33. The van der Waals surface area contributed by atoms with Crippen LogP contribution in [-0.4, -0.2) is 72.7 Å². The number of carbonyl (C=O) groups is 4. The molecule has 1 N–H and O–H groups in total. The third kappa shape index (κ3) is 5.13. The molecule has 0 bridgehead atoms. The Kier molecular flexibility index (Phi) is 8.02. The molecule has 0 amide bonds. The summed E-state index contributed by atoms with van der Waals surface area (Å²) in [6.45, 7) is 10.5. The van der Waals surface area contributed by atoms with Gasteiger partial charge in [0.15, 0.2) is 0 Å². The molecule has 10 nitrogen and oxygen atoms in total. The zero-order valence-electron chi connectivity index (χ0n) is 23.6. The average Bonchev–Trinajstić information content (AvgIpc) is 3.52. The van der Waals surface area contributed by atoms with Gasteiger partial charge in [-0.2, -0.15) is 0 Å². The van der Waals surface area contributed by atoms with Gasteiger partial charge in [0, 0.05) is 37.0 Å². The Labute approximate surface area is 229 Å². The second kappa shape index (κ2) is 10.7. The molecule has 3 fully saturated rings. The first-order valence-corrected chi connectivity index (χ1v) is 13.6. The SMILES string of the molecule is CC=C(C)C(=O)O[C@@H]1CC[C@]2(CO2)[C@]2(COC(C)=O)[C@@H](OC(C)=O)C[C@@H](C)[C@](C)(C[C@H](O)C3=CC(=O)OC3)[C@@H]12. The zero-order chi connectivity index (χ0) is 28.8. The predicted molar refractivity (Wildman–Crippen MR) is 137 cm³/mol. The van der Waals surface area contributed by atoms with Crippen LogP contribution in [0.4, 0.5) is 0 Å². The molecular formula is C29H40O10. The number of cyclic esters (lactones) is 1. The number of hydrogen-bond donors (Lipinski definition) is 1. The lowest BCUT2D eigenvalue weighted by atomic mass is 9.42. The van der Waals surface area contributed by atoms with Gasteiger partial charge in [-0.1, -0.05) is 19.9 Å². The lowest BCUT2D eigenvalue weighted by Crippen LogP contribution is -2.71. The van der Waals surface area contributed by atoms with Crippen LogP contribution in [-0.2, 0) is 42.9 Å². The van der Waals surface area contributed by atoms with Crippen molar-refractivity contribution in [3.8, 4) is 0 Å². The van der Waals surface area contributed by atoms with Crippen molar-refractivity contribution >= 4 is 23.9 Å². The zero-order valence-corrected chi connectivity index (χ0v) is 23.6. The molecule has 0 aromatic rings. The Morgan fingerprint density at radius 3 is 2.44 bits per heavy atom. The van der Waals surface area contributed by atoms with Gasteiger partial charge < -0.3 is 28.8 Å².